The second-order valence-electron chi connectivity index (χ2n) is 32.2. The third-order valence-electron chi connectivity index (χ3n) is 19.2. The summed E-state index contributed by atoms with van der Waals surface area (Å²) in [6.45, 7) is 62.3. The monoisotopic (exact) mass is 1450 g/mol. The van der Waals surface area contributed by atoms with Crippen LogP contribution in [0, 0.1) is 0 Å². The van der Waals surface area contributed by atoms with E-state index in [4.69, 9.17) is 27.8 Å². The molecule has 0 atom stereocenters. The molecule has 0 N–H and O–H groups in total. The molecule has 0 spiro atoms. The average molecular weight is 1450 g/mol. The first-order valence-electron chi connectivity index (χ1n) is 38.6. The Morgan fingerprint density at radius 1 is 0.314 bits per heavy atom. The molecular weight excluding hydrogens is 1330 g/mol. The predicted octanol–water partition coefficient (Wildman–Crippen LogP) is 23.8. The molecule has 2 aromatic carbocycles. The highest BCUT2D eigenvalue weighted by molar-refractivity contribution is 7.17. The molecule has 105 heavy (non-hydrogen) atoms. The van der Waals surface area contributed by atoms with E-state index in [1.807, 2.05) is 17.9 Å². The molecule has 3 aliphatic heterocycles. The van der Waals surface area contributed by atoms with Gasteiger partial charge in [-0.2, -0.15) is 30.6 Å². The fourth-order valence-corrected chi connectivity index (χ4v) is 14.4. The molecule has 14 rings (SSSR count). The number of hydrogen-bond donors (Lipinski definition) is 0. The Morgan fingerprint density at radius 3 is 1.14 bits per heavy atom. The number of fused-ring (bicyclic) bond motifs is 7. The molecule has 17 nitrogen and oxygen atoms in total. The smallest absolute Gasteiger partial charge is 0.231 e. The number of hydrogen-bond acceptors (Lipinski definition) is 18. The van der Waals surface area contributed by atoms with Gasteiger partial charge in [0.05, 0.1) is 57.4 Å². The molecule has 18 heteroatoms. The molecule has 0 saturated heterocycles. The minimum absolute atomic E-state index is 0.300. The Bertz CT molecular complexity index is 3870. The van der Waals surface area contributed by atoms with Gasteiger partial charge in [0.15, 0.2) is 35.5 Å². The molecular formula is C87H121N11O6S. The van der Waals surface area contributed by atoms with Crippen LogP contribution in [0.15, 0.2) is 69.9 Å². The van der Waals surface area contributed by atoms with Crippen LogP contribution >= 0.6 is 11.3 Å². The summed E-state index contributed by atoms with van der Waals surface area (Å²) < 4.78 is 34.6. The first kappa shape index (κ1) is 82.4. The molecule has 0 bridgehead atoms. The van der Waals surface area contributed by atoms with E-state index in [0.29, 0.717) is 89.6 Å². The lowest BCUT2D eigenvalue weighted by atomic mass is 9.88. The highest BCUT2D eigenvalue weighted by Gasteiger charge is 2.29. The van der Waals surface area contributed by atoms with E-state index in [1.165, 1.54) is 67.7 Å². The first-order valence-corrected chi connectivity index (χ1v) is 39.5. The summed E-state index contributed by atoms with van der Waals surface area (Å²) in [4.78, 5) is 22.0. The summed E-state index contributed by atoms with van der Waals surface area (Å²) in [7, 11) is 0. The molecule has 1 aliphatic carbocycles. The van der Waals surface area contributed by atoms with Crippen molar-refractivity contribution in [3.63, 3.8) is 0 Å². The van der Waals surface area contributed by atoms with Gasteiger partial charge in [0.1, 0.15) is 39.6 Å². The number of pyridine rings is 2. The molecule has 0 radical (unpaired) electrons. The molecule has 0 unspecified atom stereocenters. The van der Waals surface area contributed by atoms with Gasteiger partial charge in [0, 0.05) is 76.4 Å². The van der Waals surface area contributed by atoms with Gasteiger partial charge in [-0.05, 0) is 93.8 Å². The highest BCUT2D eigenvalue weighted by Crippen LogP contribution is 2.45. The molecule has 0 amide bonds. The van der Waals surface area contributed by atoms with Crippen LogP contribution in [-0.4, -0.2) is 75.5 Å². The van der Waals surface area contributed by atoms with Gasteiger partial charge in [-0.3, -0.25) is 9.97 Å². The fourth-order valence-electron chi connectivity index (χ4n) is 13.4. The maximum Gasteiger partial charge on any atom is 0.231 e. The molecule has 0 saturated carbocycles. The lowest BCUT2D eigenvalue weighted by Crippen LogP contribution is -2.05. The maximum atomic E-state index is 5.68. The van der Waals surface area contributed by atoms with Gasteiger partial charge in [0.25, 0.3) is 0 Å². The van der Waals surface area contributed by atoms with E-state index < -0.39 is 0 Å². The Balaban J connectivity index is 0.000000155. The van der Waals surface area contributed by atoms with E-state index in [2.05, 4.69) is 286 Å². The standard InChI is InChI=1S/C15H20.C13H18O2.C12H16N2O.2C12H18N2O.C12H16N2S.C11H15N3O/c1-10(2)12-8-9-13(11(3)4)15-7-5-6-14(12)15;1-8(2)10-5-6-11(9(3)4)13-12(10)14-7-15-13;1-7(2)9-5-13-10(8(3)4)12-11(9)14-6-15-12;2*1-7(2)10-9-5-6-15-12(9)11(8(3)4)14-13-10;1-7(2)9-5-13-10(8(3)4)12-11(9)14-6-15-12;1-6(2)8-10-11(15-5-12-10)9(7(3)4)14-13-8/h5-6,8-11H,7H2,1-4H3;5-6,8-9H,7H2,1-4H3;5-8H,1-4H3;2*7-8H,5-6H2,1-4H3;5-8H,1-4H3;5-7H,1-4H3. The van der Waals surface area contributed by atoms with E-state index >= 15 is 0 Å². The Hall–Kier alpha value is -8.25. The topological polar surface area (TPSA) is 205 Å². The number of nitrogens with zero attached hydrogens (tertiary/aromatic N) is 11. The van der Waals surface area contributed by atoms with Crippen LogP contribution in [0.2, 0.25) is 0 Å². The third-order valence-corrected chi connectivity index (χ3v) is 20.1. The van der Waals surface area contributed by atoms with E-state index in [9.17, 15) is 0 Å². The Kier molecular flexibility index (Phi) is 28.9. The second kappa shape index (κ2) is 36.8. The van der Waals surface area contributed by atoms with Crippen LogP contribution in [0.25, 0.3) is 38.5 Å². The number of ether oxygens (including phenoxy) is 4. The van der Waals surface area contributed by atoms with E-state index in [-0.39, 0.29) is 0 Å². The number of rotatable bonds is 14. The quantitative estimate of drug-likeness (QED) is 0.0992. The molecule has 8 aromatic heterocycles. The van der Waals surface area contributed by atoms with Gasteiger partial charge in [0.2, 0.25) is 6.79 Å². The summed E-state index contributed by atoms with van der Waals surface area (Å²) in [5, 5.41) is 25.7. The zero-order valence-corrected chi connectivity index (χ0v) is 69.3. The number of thiazole rings is 1. The van der Waals surface area contributed by atoms with Crippen LogP contribution in [0.4, 0.5) is 0 Å². The Labute approximate surface area is 630 Å². The van der Waals surface area contributed by atoms with Crippen molar-refractivity contribution in [2.45, 2.75) is 296 Å². The summed E-state index contributed by atoms with van der Waals surface area (Å²) >= 11 is 1.70. The van der Waals surface area contributed by atoms with Crippen molar-refractivity contribution in [3.05, 3.63) is 162 Å². The van der Waals surface area contributed by atoms with Crippen LogP contribution in [0.1, 0.15) is 378 Å². The molecule has 566 valence electrons. The summed E-state index contributed by atoms with van der Waals surface area (Å²) in [6, 6.07) is 8.96. The van der Waals surface area contributed by atoms with Crippen molar-refractivity contribution >= 4 is 49.8 Å². The third kappa shape index (κ3) is 19.3. The van der Waals surface area contributed by atoms with Crippen molar-refractivity contribution < 1.29 is 27.8 Å². The zero-order chi connectivity index (χ0) is 77.0. The average Bonchev–Trinajstić information content (AvgIpc) is 1.55. The van der Waals surface area contributed by atoms with Gasteiger partial charge in [-0.25, -0.2) is 15.0 Å². The Morgan fingerprint density at radius 2 is 0.695 bits per heavy atom. The number of allylic oxidation sites excluding steroid dienone is 1. The van der Waals surface area contributed by atoms with Crippen molar-refractivity contribution in [1.29, 1.82) is 0 Å². The molecule has 0 fully saturated rings. The molecule has 11 heterocycles. The summed E-state index contributed by atoms with van der Waals surface area (Å²) in [6.07, 6.45) is 14.6. The largest absolute Gasteiger partial charge is 0.491 e. The zero-order valence-electron chi connectivity index (χ0n) is 68.5. The first-order chi connectivity index (χ1) is 49.8. The number of benzene rings is 2. The van der Waals surface area contributed by atoms with Gasteiger partial charge < -0.3 is 27.8 Å². The predicted molar refractivity (Wildman–Crippen MR) is 430 cm³/mol. The van der Waals surface area contributed by atoms with E-state index in [0.717, 1.165) is 129 Å². The highest BCUT2D eigenvalue weighted by atomic mass is 32.1. The lowest BCUT2D eigenvalue weighted by Gasteiger charge is -2.17. The van der Waals surface area contributed by atoms with Crippen molar-refractivity contribution in [2.75, 3.05) is 20.0 Å². The molecule has 4 aliphatic rings. The lowest BCUT2D eigenvalue weighted by molar-refractivity contribution is 0.172. The van der Waals surface area contributed by atoms with Crippen LogP contribution in [0.5, 0.6) is 23.0 Å². The summed E-state index contributed by atoms with van der Waals surface area (Å²) in [5.74, 6) is 10.1. The minimum atomic E-state index is 0.300. The van der Waals surface area contributed by atoms with Crippen LogP contribution in [0.3, 0.4) is 0 Å². The van der Waals surface area contributed by atoms with Gasteiger partial charge in [-0.15, -0.1) is 11.3 Å². The van der Waals surface area contributed by atoms with Gasteiger partial charge >= 0.3 is 0 Å². The second-order valence-corrected chi connectivity index (χ2v) is 33.1. The van der Waals surface area contributed by atoms with Gasteiger partial charge in [-0.1, -0.05) is 230 Å². The van der Waals surface area contributed by atoms with Crippen LogP contribution in [-0.2, 0) is 19.3 Å². The van der Waals surface area contributed by atoms with E-state index in [1.54, 1.807) is 16.9 Å². The number of oxazole rings is 2. The van der Waals surface area contributed by atoms with Crippen molar-refractivity contribution in [2.24, 2.45) is 0 Å². The van der Waals surface area contributed by atoms with Crippen LogP contribution < -0.4 is 18.9 Å². The van der Waals surface area contributed by atoms with Crippen molar-refractivity contribution in [3.8, 4) is 23.0 Å². The van der Waals surface area contributed by atoms with Crippen molar-refractivity contribution in [1.82, 2.24) is 55.5 Å². The maximum absolute atomic E-state index is 5.68. The number of aromatic nitrogens is 11. The SMILES string of the molecule is CC(C)c1ccc(C(C)C)c2c1C=CC2.CC(C)c1ccc(C(C)C)c2c1OCO2.CC(C)c1cnc(C(C)C)c2ocnc12.CC(C)c1cnc(C(C)C)c2scnc12.CC(C)c1nnc(C(C)C)c2c1CCO2.CC(C)c1nnc(C(C)C)c2c1CCO2.CC(C)c1nnc(C(C)C)c2ocnc12. The molecule has 10 aromatic rings. The minimum Gasteiger partial charge on any atom is -0.491 e. The normalized spacial score (nSPS) is 13.2. The summed E-state index contributed by atoms with van der Waals surface area (Å²) in [5.41, 5.74) is 28.2. The fraction of sp³-hybridized carbons (Fsp3) is 0.552.